The molecule has 160 valence electrons. The molecule has 4 rings (SSSR count). The molecule has 0 aliphatic carbocycles. The summed E-state index contributed by atoms with van der Waals surface area (Å²) >= 11 is 1.47. The van der Waals surface area contributed by atoms with E-state index in [1.807, 2.05) is 41.5 Å². The number of hydrogen-bond donors (Lipinski definition) is 1. The average Bonchev–Trinajstić information content (AvgIpc) is 3.31. The lowest BCUT2D eigenvalue weighted by Crippen LogP contribution is -2.42. The van der Waals surface area contributed by atoms with Crippen molar-refractivity contribution in [3.8, 4) is 17.1 Å². The Labute approximate surface area is 184 Å². The number of rotatable bonds is 6. The van der Waals surface area contributed by atoms with E-state index < -0.39 is 5.91 Å². The van der Waals surface area contributed by atoms with E-state index >= 15 is 0 Å². The van der Waals surface area contributed by atoms with Crippen molar-refractivity contribution in [1.29, 1.82) is 0 Å². The van der Waals surface area contributed by atoms with Crippen LogP contribution in [0.2, 0.25) is 0 Å². The first-order chi connectivity index (χ1) is 15.0. The first kappa shape index (κ1) is 21.0. The molecule has 1 saturated heterocycles. The molecule has 1 aliphatic heterocycles. The number of nitrogens with zero attached hydrogens (tertiary/aromatic N) is 3. The molecule has 3 heterocycles. The van der Waals surface area contributed by atoms with Gasteiger partial charge in [-0.15, -0.1) is 11.3 Å². The number of likely N-dealkylation sites (tertiary alicyclic amines) is 1. The van der Waals surface area contributed by atoms with Crippen molar-refractivity contribution in [1.82, 2.24) is 14.9 Å². The minimum absolute atomic E-state index is 0.117. The van der Waals surface area contributed by atoms with Gasteiger partial charge in [-0.3, -0.25) is 9.59 Å². The Balaban J connectivity index is 1.36. The highest BCUT2D eigenvalue weighted by Gasteiger charge is 2.26. The van der Waals surface area contributed by atoms with Crippen LogP contribution in [0.5, 0.6) is 5.88 Å². The van der Waals surface area contributed by atoms with Gasteiger partial charge in [0.25, 0.3) is 5.91 Å². The predicted octanol–water partition coefficient (Wildman–Crippen LogP) is 3.22. The van der Waals surface area contributed by atoms with Crippen LogP contribution in [-0.2, 0) is 11.2 Å². The number of piperidine rings is 1. The van der Waals surface area contributed by atoms with Crippen LogP contribution in [-0.4, -0.2) is 45.9 Å². The monoisotopic (exact) mass is 436 g/mol. The van der Waals surface area contributed by atoms with Gasteiger partial charge in [-0.25, -0.2) is 9.97 Å². The number of carbonyl (C=O) groups is 2. The summed E-state index contributed by atoms with van der Waals surface area (Å²) < 4.78 is 6.01. The topological polar surface area (TPSA) is 98.4 Å². The van der Waals surface area contributed by atoms with Crippen LogP contribution in [0.1, 0.15) is 34.3 Å². The minimum Gasteiger partial charge on any atom is -0.474 e. The number of thiazole rings is 1. The van der Waals surface area contributed by atoms with Crippen molar-refractivity contribution in [2.24, 2.45) is 5.73 Å². The Bertz CT molecular complexity index is 1060. The second-order valence-corrected chi connectivity index (χ2v) is 8.39. The summed E-state index contributed by atoms with van der Waals surface area (Å²) in [7, 11) is 0. The minimum atomic E-state index is -0.592. The van der Waals surface area contributed by atoms with E-state index in [2.05, 4.69) is 9.97 Å². The number of benzene rings is 1. The third-order valence-corrected chi connectivity index (χ3v) is 5.98. The smallest absolute Gasteiger partial charge is 0.254 e. The molecule has 1 aromatic carbocycles. The number of pyridine rings is 1. The first-order valence-electron chi connectivity index (χ1n) is 10.2. The van der Waals surface area contributed by atoms with E-state index in [-0.39, 0.29) is 23.5 Å². The zero-order valence-corrected chi connectivity index (χ0v) is 18.1. The van der Waals surface area contributed by atoms with Gasteiger partial charge in [-0.1, -0.05) is 29.8 Å². The number of carbonyl (C=O) groups excluding carboxylic acids is 2. The van der Waals surface area contributed by atoms with Crippen molar-refractivity contribution < 1.29 is 14.3 Å². The predicted molar refractivity (Wildman–Crippen MR) is 119 cm³/mol. The largest absolute Gasteiger partial charge is 0.474 e. The van der Waals surface area contributed by atoms with E-state index in [4.69, 9.17) is 10.5 Å². The highest BCUT2D eigenvalue weighted by Crippen LogP contribution is 2.26. The van der Waals surface area contributed by atoms with E-state index in [1.54, 1.807) is 17.8 Å². The molecular formula is C23H24N4O3S. The molecule has 2 aromatic heterocycles. The van der Waals surface area contributed by atoms with Crippen molar-refractivity contribution in [3.05, 3.63) is 64.1 Å². The maximum absolute atomic E-state index is 12.6. The maximum Gasteiger partial charge on any atom is 0.254 e. The van der Waals surface area contributed by atoms with Gasteiger partial charge in [-0.05, 0) is 18.6 Å². The van der Waals surface area contributed by atoms with Crippen LogP contribution in [0, 0.1) is 6.92 Å². The number of primary amides is 1. The van der Waals surface area contributed by atoms with E-state index in [1.165, 1.54) is 16.9 Å². The Morgan fingerprint density at radius 3 is 2.58 bits per heavy atom. The van der Waals surface area contributed by atoms with Gasteiger partial charge in [0.2, 0.25) is 11.8 Å². The molecule has 2 amide bonds. The van der Waals surface area contributed by atoms with Gasteiger partial charge in [0.15, 0.2) is 0 Å². The normalized spacial score (nSPS) is 14.4. The number of aromatic nitrogens is 2. The summed E-state index contributed by atoms with van der Waals surface area (Å²) in [6, 6.07) is 9.70. The summed E-state index contributed by atoms with van der Waals surface area (Å²) in [4.78, 5) is 35.0. The summed E-state index contributed by atoms with van der Waals surface area (Å²) in [6.45, 7) is 3.25. The van der Waals surface area contributed by atoms with Crippen molar-refractivity contribution in [3.63, 3.8) is 0 Å². The molecule has 3 aromatic rings. The number of ether oxygens (including phenoxy) is 1. The molecule has 7 nitrogen and oxygen atoms in total. The number of aryl methyl sites for hydroxylation is 1. The Morgan fingerprint density at radius 1 is 1.19 bits per heavy atom. The van der Waals surface area contributed by atoms with Crippen LogP contribution in [0.4, 0.5) is 0 Å². The summed E-state index contributed by atoms with van der Waals surface area (Å²) in [5, 5.41) is 1.88. The quantitative estimate of drug-likeness (QED) is 0.640. The van der Waals surface area contributed by atoms with Gasteiger partial charge in [0.05, 0.1) is 17.6 Å². The highest BCUT2D eigenvalue weighted by molar-refractivity contribution is 7.07. The molecule has 0 bridgehead atoms. The molecule has 1 fully saturated rings. The SMILES string of the molecule is Cc1ccc(CC(=O)N2CCC(Oc3ncc(-c4cscn4)cc3C(N)=O)CC2)cc1. The molecule has 0 unspecified atom stereocenters. The zero-order chi connectivity index (χ0) is 21.8. The molecule has 2 N–H and O–H groups in total. The molecule has 0 atom stereocenters. The number of hydrogen-bond acceptors (Lipinski definition) is 6. The fraction of sp³-hybridized carbons (Fsp3) is 0.304. The molecule has 0 spiro atoms. The Kier molecular flexibility index (Phi) is 6.27. The molecule has 0 radical (unpaired) electrons. The molecule has 1 aliphatic rings. The molecule has 8 heteroatoms. The highest BCUT2D eigenvalue weighted by atomic mass is 32.1. The average molecular weight is 437 g/mol. The summed E-state index contributed by atoms with van der Waals surface area (Å²) in [5.41, 5.74) is 11.2. The number of nitrogens with two attached hydrogens (primary N) is 1. The van der Waals surface area contributed by atoms with E-state index in [0.717, 1.165) is 16.8 Å². The van der Waals surface area contributed by atoms with Crippen LogP contribution in [0.3, 0.4) is 0 Å². The van der Waals surface area contributed by atoms with Crippen LogP contribution >= 0.6 is 11.3 Å². The van der Waals surface area contributed by atoms with Crippen molar-refractivity contribution in [2.75, 3.05) is 13.1 Å². The van der Waals surface area contributed by atoms with E-state index in [9.17, 15) is 9.59 Å². The van der Waals surface area contributed by atoms with Crippen molar-refractivity contribution in [2.45, 2.75) is 32.3 Å². The third kappa shape index (κ3) is 5.08. The standard InChI is InChI=1S/C23H24N4O3S/c1-15-2-4-16(5-3-15)10-21(28)27-8-6-18(7-9-27)30-23-19(22(24)29)11-17(12-25-23)20-13-31-14-26-20/h2-5,11-14,18H,6-10H2,1H3,(H2,24,29). The van der Waals surface area contributed by atoms with Gasteiger partial charge in [-0.2, -0.15) is 0 Å². The fourth-order valence-corrected chi connectivity index (χ4v) is 4.15. The van der Waals surface area contributed by atoms with Gasteiger partial charge < -0.3 is 15.4 Å². The maximum atomic E-state index is 12.6. The van der Waals surface area contributed by atoms with Gasteiger partial charge in [0.1, 0.15) is 11.7 Å². The lowest BCUT2D eigenvalue weighted by molar-refractivity contribution is -0.132. The second kappa shape index (κ2) is 9.26. The van der Waals surface area contributed by atoms with Crippen LogP contribution in [0.25, 0.3) is 11.3 Å². The van der Waals surface area contributed by atoms with E-state index in [0.29, 0.717) is 32.4 Å². The summed E-state index contributed by atoms with van der Waals surface area (Å²) in [6.07, 6.45) is 3.26. The van der Waals surface area contributed by atoms with Crippen LogP contribution in [0.15, 0.2) is 47.4 Å². The third-order valence-electron chi connectivity index (χ3n) is 5.39. The lowest BCUT2D eigenvalue weighted by Gasteiger charge is -2.32. The Hall–Kier alpha value is -3.26. The zero-order valence-electron chi connectivity index (χ0n) is 17.3. The van der Waals surface area contributed by atoms with Crippen LogP contribution < -0.4 is 10.5 Å². The van der Waals surface area contributed by atoms with Gasteiger partial charge in [0, 0.05) is 43.1 Å². The molecular weight excluding hydrogens is 412 g/mol. The summed E-state index contributed by atoms with van der Waals surface area (Å²) in [5.74, 6) is -0.243. The van der Waals surface area contributed by atoms with Crippen molar-refractivity contribution >= 4 is 23.2 Å². The Morgan fingerprint density at radius 2 is 1.94 bits per heavy atom. The molecule has 31 heavy (non-hydrogen) atoms. The molecule has 0 saturated carbocycles. The number of amides is 2. The fourth-order valence-electron chi connectivity index (χ4n) is 3.59. The second-order valence-electron chi connectivity index (χ2n) is 7.68. The lowest BCUT2D eigenvalue weighted by atomic mass is 10.0. The van der Waals surface area contributed by atoms with Gasteiger partial charge >= 0.3 is 0 Å². The first-order valence-corrected chi connectivity index (χ1v) is 11.1.